The summed E-state index contributed by atoms with van der Waals surface area (Å²) < 4.78 is 5.34. The number of fused-ring (bicyclic) bond motifs is 1. The van der Waals surface area contributed by atoms with Crippen LogP contribution in [-0.2, 0) is 4.79 Å². The van der Waals surface area contributed by atoms with Crippen molar-refractivity contribution in [2.45, 2.75) is 5.92 Å². The number of amides is 1. The molecule has 0 aliphatic carbocycles. The second kappa shape index (κ2) is 10.7. The second-order valence-electron chi connectivity index (χ2n) is 9.02. The normalized spacial score (nSPS) is 15.2. The number of aromatic amines is 1. The first-order valence-electron chi connectivity index (χ1n) is 12.2. The summed E-state index contributed by atoms with van der Waals surface area (Å²) in [7, 11) is 1.67. The van der Waals surface area contributed by atoms with Gasteiger partial charge in [-0.3, -0.25) is 9.69 Å². The Morgan fingerprint density at radius 2 is 1.66 bits per heavy atom. The number of carbonyl (C=O) groups excluding carboxylic acids is 1. The number of benzene rings is 3. The molecule has 5 rings (SSSR count). The van der Waals surface area contributed by atoms with E-state index in [0.717, 1.165) is 43.0 Å². The molecule has 0 saturated carbocycles. The van der Waals surface area contributed by atoms with E-state index in [1.807, 2.05) is 24.3 Å². The topological polar surface area (TPSA) is 60.6 Å². The minimum absolute atomic E-state index is 0.0379. The summed E-state index contributed by atoms with van der Waals surface area (Å²) in [5.74, 6) is 0.928. The Hall–Kier alpha value is -3.77. The van der Waals surface area contributed by atoms with Gasteiger partial charge in [0.05, 0.1) is 13.7 Å². The third-order valence-corrected chi connectivity index (χ3v) is 6.88. The maximum absolute atomic E-state index is 12.9. The van der Waals surface area contributed by atoms with Gasteiger partial charge in [-0.15, -0.1) is 0 Å². The fraction of sp³-hybridized carbons (Fsp3) is 0.276. The summed E-state index contributed by atoms with van der Waals surface area (Å²) >= 11 is 0. The first-order valence-corrected chi connectivity index (χ1v) is 12.2. The maximum atomic E-state index is 12.9. The number of anilines is 1. The Balaban J connectivity index is 1.24. The van der Waals surface area contributed by atoms with Crippen molar-refractivity contribution in [2.24, 2.45) is 0 Å². The predicted octanol–water partition coefficient (Wildman–Crippen LogP) is 4.25. The summed E-state index contributed by atoms with van der Waals surface area (Å²) in [6, 6.07) is 26.9. The van der Waals surface area contributed by atoms with E-state index in [1.165, 1.54) is 16.6 Å². The molecule has 0 bridgehead atoms. The van der Waals surface area contributed by atoms with E-state index in [2.05, 4.69) is 80.9 Å². The minimum atomic E-state index is 0.0379. The molecule has 1 saturated heterocycles. The zero-order valence-corrected chi connectivity index (χ0v) is 20.1. The van der Waals surface area contributed by atoms with Gasteiger partial charge < -0.3 is 19.9 Å². The number of nitrogens with zero attached hydrogens (tertiary/aromatic N) is 2. The van der Waals surface area contributed by atoms with Crippen LogP contribution in [0.1, 0.15) is 17.0 Å². The first kappa shape index (κ1) is 23.0. The molecule has 180 valence electrons. The molecule has 1 fully saturated rings. The molecule has 1 aliphatic heterocycles. The molecule has 1 amide bonds. The monoisotopic (exact) mass is 468 g/mol. The molecule has 35 heavy (non-hydrogen) atoms. The zero-order valence-electron chi connectivity index (χ0n) is 20.1. The van der Waals surface area contributed by atoms with E-state index in [9.17, 15) is 4.79 Å². The smallest absolute Gasteiger partial charge is 0.234 e. The Morgan fingerprint density at radius 1 is 0.943 bits per heavy atom. The van der Waals surface area contributed by atoms with Gasteiger partial charge in [0.1, 0.15) is 5.75 Å². The minimum Gasteiger partial charge on any atom is -0.497 e. The van der Waals surface area contributed by atoms with Crippen molar-refractivity contribution in [3.05, 3.63) is 96.2 Å². The van der Waals surface area contributed by atoms with Crippen molar-refractivity contribution in [2.75, 3.05) is 51.3 Å². The maximum Gasteiger partial charge on any atom is 0.234 e. The Bertz CT molecular complexity index is 1240. The van der Waals surface area contributed by atoms with Crippen LogP contribution in [0.25, 0.3) is 10.9 Å². The number of methoxy groups -OCH3 is 1. The van der Waals surface area contributed by atoms with E-state index in [1.54, 1.807) is 7.11 Å². The Morgan fingerprint density at radius 3 is 2.40 bits per heavy atom. The van der Waals surface area contributed by atoms with Crippen LogP contribution >= 0.6 is 0 Å². The highest BCUT2D eigenvalue weighted by Gasteiger charge is 2.22. The van der Waals surface area contributed by atoms with Gasteiger partial charge in [-0.05, 0) is 41.5 Å². The van der Waals surface area contributed by atoms with E-state index in [4.69, 9.17) is 4.74 Å². The van der Waals surface area contributed by atoms with E-state index in [0.29, 0.717) is 13.1 Å². The number of nitrogens with one attached hydrogen (secondary N) is 2. The van der Waals surface area contributed by atoms with E-state index < -0.39 is 0 Å². The number of aromatic nitrogens is 1. The van der Waals surface area contributed by atoms with Crippen molar-refractivity contribution in [3.63, 3.8) is 0 Å². The number of rotatable bonds is 8. The largest absolute Gasteiger partial charge is 0.497 e. The molecule has 1 aliphatic rings. The third-order valence-electron chi connectivity index (χ3n) is 6.88. The van der Waals surface area contributed by atoms with Gasteiger partial charge in [-0.1, -0.05) is 48.5 Å². The standard InChI is InChI=1S/C29H32N4O2/c1-35-24-13-11-22(12-14-24)26(27-20-30-28-10-6-5-9-25(27)28)19-31-29(34)21-32-15-17-33(18-16-32)23-7-3-2-4-8-23/h2-14,20,26,30H,15-19,21H2,1H3,(H,31,34)/t26-/m1/s1. The van der Waals surface area contributed by atoms with Gasteiger partial charge in [0.15, 0.2) is 0 Å². The highest BCUT2D eigenvalue weighted by Crippen LogP contribution is 2.31. The quantitative estimate of drug-likeness (QED) is 0.406. The molecule has 1 aromatic heterocycles. The van der Waals surface area contributed by atoms with Gasteiger partial charge in [0.2, 0.25) is 5.91 Å². The van der Waals surface area contributed by atoms with Gasteiger partial charge >= 0.3 is 0 Å². The highest BCUT2D eigenvalue weighted by molar-refractivity contribution is 5.84. The molecule has 2 N–H and O–H groups in total. The van der Waals surface area contributed by atoms with Gasteiger partial charge in [0, 0.05) is 61.4 Å². The second-order valence-corrected chi connectivity index (χ2v) is 9.02. The van der Waals surface area contributed by atoms with Crippen LogP contribution in [0.2, 0.25) is 0 Å². The Kier molecular flexibility index (Phi) is 7.00. The van der Waals surface area contributed by atoms with Gasteiger partial charge in [0.25, 0.3) is 0 Å². The SMILES string of the molecule is COc1ccc([C@@H](CNC(=O)CN2CCN(c3ccccc3)CC2)c2c[nH]c3ccccc23)cc1. The first-order chi connectivity index (χ1) is 17.2. The van der Waals surface area contributed by atoms with Crippen LogP contribution in [0.3, 0.4) is 0 Å². The number of H-pyrrole nitrogens is 1. The zero-order chi connectivity index (χ0) is 24.0. The molecule has 6 nitrogen and oxygen atoms in total. The molecule has 0 unspecified atom stereocenters. The van der Waals surface area contributed by atoms with E-state index in [-0.39, 0.29) is 11.8 Å². The molecule has 1 atom stereocenters. The Labute approximate surface area is 206 Å². The summed E-state index contributed by atoms with van der Waals surface area (Å²) in [6.45, 7) is 4.59. The van der Waals surface area contributed by atoms with Crippen LogP contribution in [-0.4, -0.2) is 62.2 Å². The predicted molar refractivity (Wildman–Crippen MR) is 141 cm³/mol. The van der Waals surface area contributed by atoms with Gasteiger partial charge in [-0.2, -0.15) is 0 Å². The molecule has 4 aromatic rings. The van der Waals surface area contributed by atoms with Crippen LogP contribution in [0.15, 0.2) is 85.1 Å². The van der Waals surface area contributed by atoms with Gasteiger partial charge in [-0.25, -0.2) is 0 Å². The number of hydrogen-bond acceptors (Lipinski definition) is 4. The number of hydrogen-bond donors (Lipinski definition) is 2. The molecular weight excluding hydrogens is 436 g/mol. The number of carbonyl (C=O) groups is 1. The lowest BCUT2D eigenvalue weighted by molar-refractivity contribution is -0.122. The number of para-hydroxylation sites is 2. The average molecular weight is 469 g/mol. The molecule has 6 heteroatoms. The molecule has 2 heterocycles. The summed E-state index contributed by atoms with van der Waals surface area (Å²) in [4.78, 5) is 20.9. The van der Waals surface area contributed by atoms with Crippen LogP contribution in [0.5, 0.6) is 5.75 Å². The van der Waals surface area contributed by atoms with Crippen molar-refractivity contribution in [1.82, 2.24) is 15.2 Å². The fourth-order valence-corrected chi connectivity index (χ4v) is 4.90. The lowest BCUT2D eigenvalue weighted by Gasteiger charge is -2.35. The number of ether oxygens (including phenoxy) is 1. The van der Waals surface area contributed by atoms with E-state index >= 15 is 0 Å². The average Bonchev–Trinajstić information content (AvgIpc) is 3.34. The molecular formula is C29H32N4O2. The van der Waals surface area contributed by atoms with Crippen LogP contribution in [0.4, 0.5) is 5.69 Å². The fourth-order valence-electron chi connectivity index (χ4n) is 4.90. The lowest BCUT2D eigenvalue weighted by atomic mass is 9.90. The van der Waals surface area contributed by atoms with Crippen molar-refractivity contribution in [1.29, 1.82) is 0 Å². The highest BCUT2D eigenvalue weighted by atomic mass is 16.5. The third kappa shape index (κ3) is 5.33. The summed E-state index contributed by atoms with van der Waals surface area (Å²) in [6.07, 6.45) is 2.06. The molecule has 3 aromatic carbocycles. The van der Waals surface area contributed by atoms with Crippen LogP contribution in [0, 0.1) is 0 Å². The lowest BCUT2D eigenvalue weighted by Crippen LogP contribution is -2.49. The number of piperazine rings is 1. The summed E-state index contributed by atoms with van der Waals surface area (Å²) in [5, 5.41) is 4.39. The van der Waals surface area contributed by atoms with Crippen molar-refractivity contribution >= 4 is 22.5 Å². The van der Waals surface area contributed by atoms with Crippen molar-refractivity contribution < 1.29 is 9.53 Å². The van der Waals surface area contributed by atoms with Crippen LogP contribution < -0.4 is 15.0 Å². The van der Waals surface area contributed by atoms with Crippen molar-refractivity contribution in [3.8, 4) is 5.75 Å². The molecule has 0 spiro atoms. The molecule has 0 radical (unpaired) electrons. The summed E-state index contributed by atoms with van der Waals surface area (Å²) in [5.41, 5.74) is 4.68.